The molecule has 0 amide bonds. The summed E-state index contributed by atoms with van der Waals surface area (Å²) in [5.41, 5.74) is 13.7. The maximum atomic E-state index is 6.84. The van der Waals surface area contributed by atoms with Gasteiger partial charge in [0.2, 0.25) is 0 Å². The molecule has 1 aromatic heterocycles. The zero-order valence-corrected chi connectivity index (χ0v) is 23.1. The van der Waals surface area contributed by atoms with Crippen LogP contribution >= 0.6 is 0 Å². The molecule has 0 unspecified atom stereocenters. The van der Waals surface area contributed by atoms with E-state index in [1.807, 2.05) is 0 Å². The van der Waals surface area contributed by atoms with Gasteiger partial charge in [0, 0.05) is 33.2 Å². The van der Waals surface area contributed by atoms with E-state index in [0.29, 0.717) is 0 Å². The van der Waals surface area contributed by atoms with Crippen LogP contribution in [0.1, 0.15) is 25.0 Å². The molecule has 2 nitrogen and oxygen atoms in total. The summed E-state index contributed by atoms with van der Waals surface area (Å²) in [6, 6.07) is 47.3. The second-order valence-corrected chi connectivity index (χ2v) is 11.4. The molecule has 1 N–H and O–H groups in total. The lowest BCUT2D eigenvalue weighted by atomic mass is 9.82. The van der Waals surface area contributed by atoms with Gasteiger partial charge < -0.3 is 9.73 Å². The lowest BCUT2D eigenvalue weighted by molar-refractivity contribution is 0.660. The number of hydrogen-bond donors (Lipinski definition) is 1. The predicted molar refractivity (Wildman–Crippen MR) is 172 cm³/mol. The van der Waals surface area contributed by atoms with Crippen molar-refractivity contribution in [3.63, 3.8) is 0 Å². The molecule has 1 aliphatic carbocycles. The number of hydrogen-bond acceptors (Lipinski definition) is 2. The van der Waals surface area contributed by atoms with E-state index >= 15 is 0 Å². The molecular formula is C39H29NO. The molecule has 2 heteroatoms. The Balaban J connectivity index is 1.39. The maximum Gasteiger partial charge on any atom is 0.145 e. The van der Waals surface area contributed by atoms with E-state index in [9.17, 15) is 0 Å². The number of benzene rings is 6. The molecule has 0 bridgehead atoms. The highest BCUT2D eigenvalue weighted by Gasteiger charge is 2.36. The van der Waals surface area contributed by atoms with Crippen LogP contribution in [-0.4, -0.2) is 0 Å². The normalized spacial score (nSPS) is 13.3. The molecule has 0 saturated carbocycles. The Morgan fingerprint density at radius 1 is 0.488 bits per heavy atom. The van der Waals surface area contributed by atoms with Crippen molar-refractivity contribution in [1.29, 1.82) is 0 Å². The highest BCUT2D eigenvalue weighted by atomic mass is 16.3. The minimum atomic E-state index is -0.0526. The van der Waals surface area contributed by atoms with Crippen molar-refractivity contribution in [3.05, 3.63) is 145 Å². The molecule has 0 saturated heterocycles. The Bertz CT molecular complexity index is 2080. The topological polar surface area (TPSA) is 25.2 Å². The summed E-state index contributed by atoms with van der Waals surface area (Å²) < 4.78 is 6.84. The standard InChI is InChI=1S/C39H29NO/c1-39(2)31-20-10-9-17-29(31)35-32(39)21-12-22-33(35)40-34-24-23-28(26-15-7-4-8-16-26)38-36(34)30-19-11-18-27(37(30)41-38)25-13-5-3-6-14-25/h3-24,40H,1-2H3. The average molecular weight is 528 g/mol. The van der Waals surface area contributed by atoms with E-state index in [4.69, 9.17) is 4.42 Å². The first kappa shape index (κ1) is 23.8. The van der Waals surface area contributed by atoms with Crippen LogP contribution in [0.15, 0.2) is 138 Å². The highest BCUT2D eigenvalue weighted by molar-refractivity contribution is 6.18. The second kappa shape index (κ2) is 8.97. The van der Waals surface area contributed by atoms with Crippen molar-refractivity contribution in [2.24, 2.45) is 0 Å². The molecule has 6 aromatic carbocycles. The molecule has 0 spiro atoms. The average Bonchev–Trinajstić information content (AvgIpc) is 3.52. The van der Waals surface area contributed by atoms with Gasteiger partial charge in [-0.2, -0.15) is 0 Å². The number of anilines is 2. The van der Waals surface area contributed by atoms with Crippen LogP contribution in [0.4, 0.5) is 11.4 Å². The second-order valence-electron chi connectivity index (χ2n) is 11.4. The van der Waals surface area contributed by atoms with Crippen LogP contribution < -0.4 is 5.32 Å². The van der Waals surface area contributed by atoms with Crippen molar-refractivity contribution in [2.45, 2.75) is 19.3 Å². The summed E-state index contributed by atoms with van der Waals surface area (Å²) in [5, 5.41) is 6.09. The summed E-state index contributed by atoms with van der Waals surface area (Å²) >= 11 is 0. The molecule has 196 valence electrons. The summed E-state index contributed by atoms with van der Waals surface area (Å²) in [6.07, 6.45) is 0. The van der Waals surface area contributed by atoms with Gasteiger partial charge in [0.05, 0.1) is 11.1 Å². The van der Waals surface area contributed by atoms with Crippen LogP contribution in [0.5, 0.6) is 0 Å². The Morgan fingerprint density at radius 2 is 1.10 bits per heavy atom. The molecule has 8 rings (SSSR count). The monoisotopic (exact) mass is 527 g/mol. The van der Waals surface area contributed by atoms with Crippen LogP contribution in [0.2, 0.25) is 0 Å². The molecule has 1 heterocycles. The Labute approximate surface area is 239 Å². The minimum Gasteiger partial charge on any atom is -0.455 e. The molecule has 0 aliphatic heterocycles. The van der Waals surface area contributed by atoms with Gasteiger partial charge in [-0.05, 0) is 46.0 Å². The third-order valence-corrected chi connectivity index (χ3v) is 8.69. The largest absolute Gasteiger partial charge is 0.455 e. The quantitative estimate of drug-likeness (QED) is 0.246. The SMILES string of the molecule is CC1(C)c2ccccc2-c2c(Nc3ccc(-c4ccccc4)c4oc5c(-c6ccccc6)cccc5c34)cccc21. The first-order valence-electron chi connectivity index (χ1n) is 14.2. The number of fused-ring (bicyclic) bond motifs is 6. The molecule has 7 aromatic rings. The van der Waals surface area contributed by atoms with Gasteiger partial charge >= 0.3 is 0 Å². The minimum absolute atomic E-state index is 0.0526. The molecule has 0 fully saturated rings. The van der Waals surface area contributed by atoms with Crippen molar-refractivity contribution in [3.8, 4) is 33.4 Å². The van der Waals surface area contributed by atoms with Gasteiger partial charge in [0.15, 0.2) is 0 Å². The molecule has 41 heavy (non-hydrogen) atoms. The smallest absolute Gasteiger partial charge is 0.145 e. The summed E-state index contributed by atoms with van der Waals surface area (Å²) in [4.78, 5) is 0. The van der Waals surface area contributed by atoms with E-state index in [2.05, 4.69) is 153 Å². The fourth-order valence-corrected chi connectivity index (χ4v) is 6.70. The van der Waals surface area contributed by atoms with Crippen molar-refractivity contribution in [2.75, 3.05) is 5.32 Å². The van der Waals surface area contributed by atoms with Crippen LogP contribution in [0.3, 0.4) is 0 Å². The fourth-order valence-electron chi connectivity index (χ4n) is 6.70. The van der Waals surface area contributed by atoms with E-state index < -0.39 is 0 Å². The van der Waals surface area contributed by atoms with Gasteiger partial charge in [-0.15, -0.1) is 0 Å². The summed E-state index contributed by atoms with van der Waals surface area (Å²) in [6.45, 7) is 4.64. The van der Waals surface area contributed by atoms with Gasteiger partial charge in [0.25, 0.3) is 0 Å². The van der Waals surface area contributed by atoms with Crippen LogP contribution in [0.25, 0.3) is 55.3 Å². The Kier molecular flexibility index (Phi) is 5.20. The maximum absolute atomic E-state index is 6.84. The van der Waals surface area contributed by atoms with Gasteiger partial charge in [-0.25, -0.2) is 0 Å². The number of furan rings is 1. The number of para-hydroxylation sites is 1. The number of nitrogens with one attached hydrogen (secondary N) is 1. The molecule has 1 aliphatic rings. The van der Waals surface area contributed by atoms with Crippen LogP contribution in [-0.2, 0) is 5.41 Å². The molecule has 0 radical (unpaired) electrons. The highest BCUT2D eigenvalue weighted by Crippen LogP contribution is 2.52. The number of rotatable bonds is 4. The lowest BCUT2D eigenvalue weighted by Crippen LogP contribution is -2.14. The first-order valence-corrected chi connectivity index (χ1v) is 14.2. The predicted octanol–water partition coefficient (Wildman–Crippen LogP) is 11.0. The van der Waals surface area contributed by atoms with Gasteiger partial charge in [-0.1, -0.05) is 129 Å². The zero-order chi connectivity index (χ0) is 27.6. The summed E-state index contributed by atoms with van der Waals surface area (Å²) in [7, 11) is 0. The van der Waals surface area contributed by atoms with Crippen molar-refractivity contribution in [1.82, 2.24) is 0 Å². The van der Waals surface area contributed by atoms with Crippen LogP contribution in [0, 0.1) is 0 Å². The third-order valence-electron chi connectivity index (χ3n) is 8.69. The van der Waals surface area contributed by atoms with E-state index in [-0.39, 0.29) is 5.41 Å². The van der Waals surface area contributed by atoms with Crippen molar-refractivity contribution < 1.29 is 4.42 Å². The molecular weight excluding hydrogens is 498 g/mol. The lowest BCUT2D eigenvalue weighted by Gasteiger charge is -2.21. The zero-order valence-electron chi connectivity index (χ0n) is 23.1. The third kappa shape index (κ3) is 3.57. The van der Waals surface area contributed by atoms with Crippen molar-refractivity contribution >= 4 is 33.3 Å². The van der Waals surface area contributed by atoms with Gasteiger partial charge in [0.1, 0.15) is 11.2 Å². The Morgan fingerprint density at radius 3 is 1.85 bits per heavy atom. The van der Waals surface area contributed by atoms with E-state index in [1.54, 1.807) is 0 Å². The fraction of sp³-hybridized carbons (Fsp3) is 0.0769. The van der Waals surface area contributed by atoms with E-state index in [0.717, 1.165) is 55.6 Å². The first-order chi connectivity index (χ1) is 20.1. The van der Waals surface area contributed by atoms with E-state index in [1.165, 1.54) is 22.3 Å². The molecule has 0 atom stereocenters. The Hall–Kier alpha value is -5.08. The van der Waals surface area contributed by atoms with Gasteiger partial charge in [-0.3, -0.25) is 0 Å². The summed E-state index contributed by atoms with van der Waals surface area (Å²) in [5.74, 6) is 0.